The molecule has 1 saturated carbocycles. The Morgan fingerprint density at radius 1 is 1.47 bits per heavy atom. The lowest BCUT2D eigenvalue weighted by Crippen LogP contribution is -2.10. The first-order valence-corrected chi connectivity index (χ1v) is 6.21. The lowest BCUT2D eigenvalue weighted by molar-refractivity contribution is 0.629. The standard InChI is InChI=1S/C12H17ClFN3/c1-2-3-6-4-9(6)17-12-8(16)5-7(15)10(13)11(12)14/h5-6,9,17H,2-4,15-16H2,1H3. The molecule has 5 heteroatoms. The molecule has 0 saturated heterocycles. The van der Waals surface area contributed by atoms with Gasteiger partial charge in [-0.3, -0.25) is 0 Å². The van der Waals surface area contributed by atoms with Crippen LogP contribution in [0.5, 0.6) is 0 Å². The van der Waals surface area contributed by atoms with Crippen LogP contribution in [0.2, 0.25) is 5.02 Å². The molecule has 94 valence electrons. The van der Waals surface area contributed by atoms with Gasteiger partial charge in [-0.15, -0.1) is 0 Å². The molecule has 0 heterocycles. The molecule has 5 N–H and O–H groups in total. The summed E-state index contributed by atoms with van der Waals surface area (Å²) >= 11 is 5.76. The van der Waals surface area contributed by atoms with Crippen LogP contribution in [0.1, 0.15) is 26.2 Å². The fourth-order valence-corrected chi connectivity index (χ4v) is 2.26. The molecule has 1 aromatic rings. The summed E-state index contributed by atoms with van der Waals surface area (Å²) in [5.74, 6) is 0.0708. The van der Waals surface area contributed by atoms with Crippen LogP contribution in [-0.4, -0.2) is 6.04 Å². The molecule has 1 aliphatic rings. The van der Waals surface area contributed by atoms with Crippen molar-refractivity contribution in [3.05, 3.63) is 16.9 Å². The zero-order chi connectivity index (χ0) is 12.6. The second kappa shape index (κ2) is 4.61. The van der Waals surface area contributed by atoms with Crippen LogP contribution in [0.15, 0.2) is 6.07 Å². The molecule has 0 bridgehead atoms. The highest BCUT2D eigenvalue weighted by molar-refractivity contribution is 6.33. The highest BCUT2D eigenvalue weighted by Crippen LogP contribution is 2.41. The molecule has 2 rings (SSSR count). The SMILES string of the molecule is CCCC1CC1Nc1c(N)cc(N)c(Cl)c1F. The number of nitrogens with two attached hydrogens (primary N) is 2. The predicted molar refractivity (Wildman–Crippen MR) is 70.7 cm³/mol. The highest BCUT2D eigenvalue weighted by Gasteiger charge is 2.37. The molecule has 1 aliphatic carbocycles. The van der Waals surface area contributed by atoms with E-state index in [1.807, 2.05) is 0 Å². The van der Waals surface area contributed by atoms with Gasteiger partial charge in [0.1, 0.15) is 5.02 Å². The van der Waals surface area contributed by atoms with Crippen LogP contribution < -0.4 is 16.8 Å². The minimum Gasteiger partial charge on any atom is -0.397 e. The van der Waals surface area contributed by atoms with Gasteiger partial charge in [-0.1, -0.05) is 24.9 Å². The summed E-state index contributed by atoms with van der Waals surface area (Å²) in [5.41, 5.74) is 12.0. The first-order chi connectivity index (χ1) is 8.04. The average Bonchev–Trinajstić information content (AvgIpc) is 3.01. The number of nitrogens with one attached hydrogen (secondary N) is 1. The molecular weight excluding hydrogens is 241 g/mol. The van der Waals surface area contributed by atoms with Gasteiger partial charge >= 0.3 is 0 Å². The predicted octanol–water partition coefficient (Wildman–Crippen LogP) is 3.24. The van der Waals surface area contributed by atoms with Gasteiger partial charge in [-0.05, 0) is 24.8 Å². The van der Waals surface area contributed by atoms with Gasteiger partial charge in [0.15, 0.2) is 5.82 Å². The van der Waals surface area contributed by atoms with Crippen molar-refractivity contribution >= 4 is 28.7 Å². The van der Waals surface area contributed by atoms with Crippen molar-refractivity contribution in [2.75, 3.05) is 16.8 Å². The normalized spacial score (nSPS) is 22.5. The van der Waals surface area contributed by atoms with Gasteiger partial charge in [-0.25, -0.2) is 4.39 Å². The van der Waals surface area contributed by atoms with Crippen molar-refractivity contribution in [2.45, 2.75) is 32.2 Å². The van der Waals surface area contributed by atoms with Gasteiger partial charge in [0.25, 0.3) is 0 Å². The molecule has 0 aliphatic heterocycles. The molecule has 2 unspecified atom stereocenters. The maximum absolute atomic E-state index is 13.9. The first-order valence-electron chi connectivity index (χ1n) is 5.84. The van der Waals surface area contributed by atoms with Crippen molar-refractivity contribution in [3.8, 4) is 0 Å². The monoisotopic (exact) mass is 257 g/mol. The van der Waals surface area contributed by atoms with E-state index < -0.39 is 5.82 Å². The number of anilines is 3. The number of rotatable bonds is 4. The fraction of sp³-hybridized carbons (Fsp3) is 0.500. The molecule has 0 amide bonds. The fourth-order valence-electron chi connectivity index (χ4n) is 2.11. The Bertz CT molecular complexity index is 436. The summed E-state index contributed by atoms with van der Waals surface area (Å²) in [6, 6.07) is 1.80. The molecule has 0 aromatic heterocycles. The summed E-state index contributed by atoms with van der Waals surface area (Å²) < 4.78 is 13.9. The van der Waals surface area contributed by atoms with E-state index >= 15 is 0 Å². The van der Waals surface area contributed by atoms with Crippen molar-refractivity contribution in [2.24, 2.45) is 5.92 Å². The van der Waals surface area contributed by atoms with Crippen molar-refractivity contribution in [1.29, 1.82) is 0 Å². The van der Waals surface area contributed by atoms with E-state index in [9.17, 15) is 4.39 Å². The summed E-state index contributed by atoms with van der Waals surface area (Å²) in [6.07, 6.45) is 3.36. The Kier molecular flexibility index (Phi) is 3.33. The number of hydrogen-bond acceptors (Lipinski definition) is 3. The Morgan fingerprint density at radius 2 is 2.18 bits per heavy atom. The van der Waals surface area contributed by atoms with Crippen LogP contribution in [0.3, 0.4) is 0 Å². The van der Waals surface area contributed by atoms with Crippen molar-refractivity contribution in [3.63, 3.8) is 0 Å². The molecule has 1 fully saturated rings. The van der Waals surface area contributed by atoms with Crippen LogP contribution in [0.25, 0.3) is 0 Å². The maximum Gasteiger partial charge on any atom is 0.169 e. The van der Waals surface area contributed by atoms with E-state index in [0.717, 1.165) is 19.3 Å². The van der Waals surface area contributed by atoms with Crippen LogP contribution in [0.4, 0.5) is 21.5 Å². The van der Waals surface area contributed by atoms with Crippen LogP contribution >= 0.6 is 11.6 Å². The summed E-state index contributed by atoms with van der Waals surface area (Å²) in [4.78, 5) is 0. The average molecular weight is 258 g/mol. The van der Waals surface area contributed by atoms with Crippen molar-refractivity contribution < 1.29 is 4.39 Å². The Balaban J connectivity index is 2.14. The third-order valence-electron chi connectivity index (χ3n) is 3.18. The summed E-state index contributed by atoms with van der Waals surface area (Å²) in [7, 11) is 0. The second-order valence-electron chi connectivity index (χ2n) is 4.59. The number of nitrogen functional groups attached to an aromatic ring is 2. The Morgan fingerprint density at radius 3 is 2.82 bits per heavy atom. The van der Waals surface area contributed by atoms with E-state index in [1.54, 1.807) is 0 Å². The van der Waals surface area contributed by atoms with Gasteiger partial charge in [0, 0.05) is 6.04 Å². The van der Waals surface area contributed by atoms with E-state index in [2.05, 4.69) is 12.2 Å². The third-order valence-corrected chi connectivity index (χ3v) is 3.56. The third kappa shape index (κ3) is 2.41. The zero-order valence-corrected chi connectivity index (χ0v) is 10.5. The minimum atomic E-state index is -0.550. The molecule has 0 radical (unpaired) electrons. The van der Waals surface area contributed by atoms with E-state index in [-0.39, 0.29) is 16.4 Å². The first kappa shape index (κ1) is 12.3. The molecule has 2 atom stereocenters. The smallest absolute Gasteiger partial charge is 0.169 e. The largest absolute Gasteiger partial charge is 0.397 e. The Hall–Kier alpha value is -1.16. The lowest BCUT2D eigenvalue weighted by Gasteiger charge is -2.12. The zero-order valence-electron chi connectivity index (χ0n) is 9.76. The second-order valence-corrected chi connectivity index (χ2v) is 4.97. The molecule has 1 aromatic carbocycles. The summed E-state index contributed by atoms with van der Waals surface area (Å²) in [5, 5.41) is 3.05. The quantitative estimate of drug-likeness (QED) is 0.726. The van der Waals surface area contributed by atoms with Crippen molar-refractivity contribution in [1.82, 2.24) is 0 Å². The van der Waals surface area contributed by atoms with Crippen LogP contribution in [-0.2, 0) is 0 Å². The van der Waals surface area contributed by atoms with Gasteiger partial charge in [0.05, 0.1) is 17.1 Å². The number of benzene rings is 1. The summed E-state index contributed by atoms with van der Waals surface area (Å²) in [6.45, 7) is 2.14. The molecule has 17 heavy (non-hydrogen) atoms. The molecule has 3 nitrogen and oxygen atoms in total. The van der Waals surface area contributed by atoms with E-state index in [1.165, 1.54) is 6.07 Å². The van der Waals surface area contributed by atoms with E-state index in [0.29, 0.717) is 17.6 Å². The van der Waals surface area contributed by atoms with Crippen LogP contribution in [0, 0.1) is 11.7 Å². The minimum absolute atomic E-state index is 0.0607. The maximum atomic E-state index is 13.9. The Labute approximate surface area is 105 Å². The topological polar surface area (TPSA) is 64.1 Å². The number of halogens is 2. The van der Waals surface area contributed by atoms with Gasteiger partial charge < -0.3 is 16.8 Å². The van der Waals surface area contributed by atoms with E-state index in [4.69, 9.17) is 23.1 Å². The molecule has 0 spiro atoms. The highest BCUT2D eigenvalue weighted by atomic mass is 35.5. The van der Waals surface area contributed by atoms with Gasteiger partial charge in [0.2, 0.25) is 0 Å². The lowest BCUT2D eigenvalue weighted by atomic mass is 10.2. The van der Waals surface area contributed by atoms with Gasteiger partial charge in [-0.2, -0.15) is 0 Å². The number of hydrogen-bond donors (Lipinski definition) is 3. The molecular formula is C12H17ClFN3.